The smallest absolute Gasteiger partial charge is 0.340 e. The Bertz CT molecular complexity index is 576. The minimum absolute atomic E-state index is 0.136. The molecule has 0 aliphatic carbocycles. The molecule has 6 nitrogen and oxygen atoms in total. The van der Waals surface area contributed by atoms with Crippen molar-refractivity contribution in [1.29, 1.82) is 0 Å². The molecule has 0 heterocycles. The van der Waals surface area contributed by atoms with Crippen molar-refractivity contribution in [2.45, 2.75) is 13.0 Å². The van der Waals surface area contributed by atoms with Crippen molar-refractivity contribution < 1.29 is 19.4 Å². The fourth-order valence-corrected chi connectivity index (χ4v) is 5.49. The van der Waals surface area contributed by atoms with Crippen LogP contribution in [0.2, 0.25) is 0 Å². The Morgan fingerprint density at radius 3 is 2.15 bits per heavy atom. The van der Waals surface area contributed by atoms with E-state index in [1.165, 1.54) is 6.92 Å². The van der Waals surface area contributed by atoms with Crippen LogP contribution >= 0.6 is 67.8 Å². The summed E-state index contributed by atoms with van der Waals surface area (Å²) in [5.41, 5.74) is 11.9. The Balaban J connectivity index is 3.40. The van der Waals surface area contributed by atoms with E-state index in [2.05, 4.69) is 0 Å². The number of esters is 1. The molecule has 1 unspecified atom stereocenters. The molecule has 1 amide bonds. The molecule has 0 saturated carbocycles. The molecule has 9 heteroatoms. The molecule has 20 heavy (non-hydrogen) atoms. The molecule has 1 aromatic carbocycles. The number of primary amides is 1. The molecule has 0 aliphatic rings. The third-order valence-electron chi connectivity index (χ3n) is 2.26. The van der Waals surface area contributed by atoms with Crippen molar-refractivity contribution in [3.8, 4) is 0 Å². The van der Waals surface area contributed by atoms with E-state index >= 15 is 0 Å². The average Bonchev–Trinajstić information content (AvgIpc) is 2.33. The first-order chi connectivity index (χ1) is 9.18. The van der Waals surface area contributed by atoms with Crippen LogP contribution in [0, 0.1) is 10.7 Å². The van der Waals surface area contributed by atoms with E-state index < -0.39 is 18.0 Å². The van der Waals surface area contributed by atoms with E-state index in [9.17, 15) is 9.59 Å². The van der Waals surface area contributed by atoms with Crippen molar-refractivity contribution in [3.05, 3.63) is 21.8 Å². The summed E-state index contributed by atoms with van der Waals surface area (Å²) in [6, 6.07) is 0. The van der Waals surface area contributed by atoms with Crippen LogP contribution in [-0.2, 0) is 4.74 Å². The second-order valence-corrected chi connectivity index (χ2v) is 7.15. The van der Waals surface area contributed by atoms with Crippen molar-refractivity contribution in [3.63, 3.8) is 0 Å². The van der Waals surface area contributed by atoms with Gasteiger partial charge in [0, 0.05) is 3.57 Å². The zero-order valence-electron chi connectivity index (χ0n) is 10.2. The lowest BCUT2D eigenvalue weighted by Gasteiger charge is -2.15. The molecule has 1 rings (SSSR count). The van der Waals surface area contributed by atoms with Gasteiger partial charge in [-0.05, 0) is 74.7 Å². The molecule has 0 fully saturated rings. The number of anilines is 1. The number of ether oxygens (including phenoxy) is 1. The number of nitrogens with two attached hydrogens (primary N) is 2. The van der Waals surface area contributed by atoms with Crippen LogP contribution in [0.5, 0.6) is 0 Å². The van der Waals surface area contributed by atoms with Crippen LogP contribution in [0.25, 0.3) is 0 Å². The van der Waals surface area contributed by atoms with Gasteiger partial charge in [-0.25, -0.2) is 4.79 Å². The van der Waals surface area contributed by atoms with Gasteiger partial charge in [-0.15, -0.1) is 0 Å². The Labute approximate surface area is 156 Å². The van der Waals surface area contributed by atoms with E-state index in [4.69, 9.17) is 21.3 Å². The third-order valence-corrected chi connectivity index (χ3v) is 5.58. The molecule has 0 spiro atoms. The minimum Gasteiger partial charge on any atom is -0.459 e. The SMILES string of the molecule is CC(O)COC(=O)c1c(I)c(N)c(I)c(C(N)=O)c1I. The second-order valence-electron chi connectivity index (χ2n) is 3.92. The molecule has 110 valence electrons. The maximum atomic E-state index is 12.1. The fourth-order valence-electron chi connectivity index (χ4n) is 1.35. The van der Waals surface area contributed by atoms with Gasteiger partial charge in [0.25, 0.3) is 5.91 Å². The Hall–Kier alpha value is 0.110. The number of aliphatic hydroxyl groups is 1. The Kier molecular flexibility index (Phi) is 6.72. The lowest BCUT2D eigenvalue weighted by molar-refractivity contribution is 0.0294. The lowest BCUT2D eigenvalue weighted by atomic mass is 10.1. The quantitative estimate of drug-likeness (QED) is 0.271. The summed E-state index contributed by atoms with van der Waals surface area (Å²) >= 11 is 5.70. The highest BCUT2D eigenvalue weighted by molar-refractivity contribution is 14.1. The lowest BCUT2D eigenvalue weighted by Crippen LogP contribution is -2.22. The van der Waals surface area contributed by atoms with E-state index in [1.54, 1.807) is 0 Å². The van der Waals surface area contributed by atoms with Gasteiger partial charge in [-0.1, -0.05) is 0 Å². The van der Waals surface area contributed by atoms with Crippen LogP contribution < -0.4 is 11.5 Å². The molecule has 0 radical (unpaired) electrons. The van der Waals surface area contributed by atoms with Gasteiger partial charge in [-0.2, -0.15) is 0 Å². The number of amides is 1. The number of rotatable bonds is 4. The van der Waals surface area contributed by atoms with Gasteiger partial charge in [0.05, 0.1) is 30.1 Å². The number of hydrogen-bond donors (Lipinski definition) is 3. The molecule has 1 atom stereocenters. The highest BCUT2D eigenvalue weighted by atomic mass is 127. The van der Waals surface area contributed by atoms with Gasteiger partial charge in [-0.3, -0.25) is 4.79 Å². The number of carbonyl (C=O) groups is 2. The summed E-state index contributed by atoms with van der Waals surface area (Å²) in [6.07, 6.45) is -0.772. The number of carbonyl (C=O) groups excluding carboxylic acids is 2. The van der Waals surface area contributed by atoms with E-state index in [0.29, 0.717) is 16.4 Å². The number of aliphatic hydroxyl groups excluding tert-OH is 1. The van der Waals surface area contributed by atoms with E-state index in [1.807, 2.05) is 67.8 Å². The van der Waals surface area contributed by atoms with Crippen molar-refractivity contribution in [1.82, 2.24) is 0 Å². The maximum absolute atomic E-state index is 12.1. The number of hydrogen-bond acceptors (Lipinski definition) is 5. The molecule has 0 bridgehead atoms. The number of benzene rings is 1. The predicted molar refractivity (Wildman–Crippen MR) is 99.5 cm³/mol. The first kappa shape index (κ1) is 18.2. The zero-order chi connectivity index (χ0) is 15.6. The summed E-state index contributed by atoms with van der Waals surface area (Å²) in [7, 11) is 0. The number of nitrogen functional groups attached to an aromatic ring is 1. The van der Waals surface area contributed by atoms with Crippen molar-refractivity contribution >= 4 is 85.3 Å². The predicted octanol–water partition coefficient (Wildman–Crippen LogP) is 1.72. The molecule has 0 saturated heterocycles. The van der Waals surface area contributed by atoms with Crippen molar-refractivity contribution in [2.75, 3.05) is 12.3 Å². The zero-order valence-corrected chi connectivity index (χ0v) is 16.7. The highest BCUT2D eigenvalue weighted by Crippen LogP contribution is 2.33. The molecule has 5 N–H and O–H groups in total. The maximum Gasteiger partial charge on any atom is 0.340 e. The fraction of sp³-hybridized carbons (Fsp3) is 0.273. The largest absolute Gasteiger partial charge is 0.459 e. The van der Waals surface area contributed by atoms with E-state index in [-0.39, 0.29) is 17.7 Å². The highest BCUT2D eigenvalue weighted by Gasteiger charge is 2.26. The molecule has 0 aromatic heterocycles. The summed E-state index contributed by atoms with van der Waals surface area (Å²) in [5, 5.41) is 9.15. The third kappa shape index (κ3) is 3.85. The summed E-state index contributed by atoms with van der Waals surface area (Å²) in [5.74, 6) is -1.31. The molecule has 0 aliphatic heterocycles. The van der Waals surface area contributed by atoms with Crippen LogP contribution in [0.4, 0.5) is 5.69 Å². The summed E-state index contributed by atoms with van der Waals surface area (Å²) < 4.78 is 6.38. The summed E-state index contributed by atoms with van der Waals surface area (Å²) in [6.45, 7) is 1.36. The average molecular weight is 616 g/mol. The van der Waals surface area contributed by atoms with Gasteiger partial charge in [0.2, 0.25) is 0 Å². The summed E-state index contributed by atoms with van der Waals surface area (Å²) in [4.78, 5) is 23.6. The van der Waals surface area contributed by atoms with E-state index in [0.717, 1.165) is 0 Å². The number of halogens is 3. The normalized spacial score (nSPS) is 12.1. The van der Waals surface area contributed by atoms with Gasteiger partial charge in [0.15, 0.2) is 0 Å². The monoisotopic (exact) mass is 616 g/mol. The van der Waals surface area contributed by atoms with Gasteiger partial charge < -0.3 is 21.3 Å². The van der Waals surface area contributed by atoms with Crippen LogP contribution in [0.3, 0.4) is 0 Å². The molecular weight excluding hydrogens is 605 g/mol. The topological polar surface area (TPSA) is 116 Å². The first-order valence-electron chi connectivity index (χ1n) is 5.29. The van der Waals surface area contributed by atoms with Gasteiger partial charge >= 0.3 is 5.97 Å². The van der Waals surface area contributed by atoms with Gasteiger partial charge in [0.1, 0.15) is 6.61 Å². The van der Waals surface area contributed by atoms with Crippen LogP contribution in [-0.4, -0.2) is 29.7 Å². The first-order valence-corrected chi connectivity index (χ1v) is 8.53. The Morgan fingerprint density at radius 2 is 1.70 bits per heavy atom. The molecular formula is C11H11I3N2O4. The van der Waals surface area contributed by atoms with Crippen LogP contribution in [0.1, 0.15) is 27.6 Å². The van der Waals surface area contributed by atoms with Crippen LogP contribution in [0.15, 0.2) is 0 Å². The van der Waals surface area contributed by atoms with Crippen molar-refractivity contribution in [2.24, 2.45) is 5.73 Å². The molecule has 1 aromatic rings. The second kappa shape index (κ2) is 7.40. The standard InChI is InChI=1S/C11H11I3N2O4/c1-3(17)2-20-11(19)5-6(12)4(10(16)18)7(13)9(15)8(5)14/h3,17H,2,15H2,1H3,(H2,16,18). The Morgan fingerprint density at radius 1 is 1.20 bits per heavy atom. The minimum atomic E-state index is -0.772.